The van der Waals surface area contributed by atoms with Gasteiger partial charge in [-0.05, 0) is 37.1 Å². The van der Waals surface area contributed by atoms with Crippen molar-refractivity contribution >= 4 is 17.4 Å². The molecular formula is C13H13ClF2O. The van der Waals surface area contributed by atoms with Crippen molar-refractivity contribution in [3.63, 3.8) is 0 Å². The molecule has 0 heterocycles. The van der Waals surface area contributed by atoms with Crippen LogP contribution in [0.2, 0.25) is 5.02 Å². The lowest BCUT2D eigenvalue weighted by Crippen LogP contribution is -2.28. The van der Waals surface area contributed by atoms with E-state index in [1.54, 1.807) is 24.3 Å². The minimum atomic E-state index is -2.59. The molecule has 0 amide bonds. The Kier molecular flexibility index (Phi) is 3.48. The highest BCUT2D eigenvalue weighted by Gasteiger charge is 2.37. The van der Waals surface area contributed by atoms with Gasteiger partial charge >= 0.3 is 0 Å². The van der Waals surface area contributed by atoms with Crippen molar-refractivity contribution in [2.45, 2.75) is 31.6 Å². The summed E-state index contributed by atoms with van der Waals surface area (Å²) in [6.07, 6.45) is 0.177. The summed E-state index contributed by atoms with van der Waals surface area (Å²) in [7, 11) is 0. The van der Waals surface area contributed by atoms with Crippen LogP contribution in [0.3, 0.4) is 0 Å². The van der Waals surface area contributed by atoms with Gasteiger partial charge in [0.05, 0.1) is 0 Å². The summed E-state index contributed by atoms with van der Waals surface area (Å²) in [5, 5.41) is 0.566. The van der Waals surface area contributed by atoms with Gasteiger partial charge in [0.25, 0.3) is 0 Å². The van der Waals surface area contributed by atoms with Crippen molar-refractivity contribution in [3.05, 3.63) is 34.9 Å². The van der Waals surface area contributed by atoms with E-state index in [9.17, 15) is 13.6 Å². The fourth-order valence-electron chi connectivity index (χ4n) is 2.15. The van der Waals surface area contributed by atoms with Crippen molar-refractivity contribution in [2.24, 2.45) is 5.92 Å². The van der Waals surface area contributed by atoms with E-state index in [0.29, 0.717) is 10.6 Å². The van der Waals surface area contributed by atoms with Gasteiger partial charge in [0, 0.05) is 29.3 Å². The maximum atomic E-state index is 13.0. The molecule has 1 saturated carbocycles. The number of carbonyl (C=O) groups is 1. The van der Waals surface area contributed by atoms with Gasteiger partial charge in [0.15, 0.2) is 5.78 Å². The topological polar surface area (TPSA) is 17.1 Å². The second-order valence-electron chi connectivity index (χ2n) is 4.50. The molecule has 0 aliphatic heterocycles. The monoisotopic (exact) mass is 258 g/mol. The molecule has 0 N–H and O–H groups in total. The van der Waals surface area contributed by atoms with Gasteiger partial charge in [-0.3, -0.25) is 4.79 Å². The van der Waals surface area contributed by atoms with Crippen LogP contribution in [0.15, 0.2) is 24.3 Å². The van der Waals surface area contributed by atoms with Gasteiger partial charge in [-0.1, -0.05) is 11.6 Å². The molecule has 0 unspecified atom stereocenters. The van der Waals surface area contributed by atoms with Crippen LogP contribution in [0.5, 0.6) is 0 Å². The first kappa shape index (κ1) is 12.5. The van der Waals surface area contributed by atoms with Crippen molar-refractivity contribution in [2.75, 3.05) is 0 Å². The van der Waals surface area contributed by atoms with Crippen LogP contribution < -0.4 is 0 Å². The standard InChI is InChI=1S/C13H13ClF2O/c14-11-3-1-9(2-4-11)12(17)10-5-7-13(15,16)8-6-10/h1-4,10H,5-8H2. The van der Waals surface area contributed by atoms with Crippen LogP contribution >= 0.6 is 11.6 Å². The Morgan fingerprint density at radius 1 is 1.18 bits per heavy atom. The van der Waals surface area contributed by atoms with Crippen LogP contribution in [0, 0.1) is 5.92 Å². The van der Waals surface area contributed by atoms with Crippen molar-refractivity contribution in [1.29, 1.82) is 0 Å². The number of alkyl halides is 2. The Morgan fingerprint density at radius 3 is 2.24 bits per heavy atom. The van der Waals surface area contributed by atoms with E-state index in [1.807, 2.05) is 0 Å². The van der Waals surface area contributed by atoms with Crippen LogP contribution in [-0.2, 0) is 0 Å². The highest BCUT2D eigenvalue weighted by molar-refractivity contribution is 6.30. The van der Waals surface area contributed by atoms with Crippen LogP contribution in [-0.4, -0.2) is 11.7 Å². The van der Waals surface area contributed by atoms with Gasteiger partial charge < -0.3 is 0 Å². The summed E-state index contributed by atoms with van der Waals surface area (Å²) in [6.45, 7) is 0. The molecule has 0 saturated heterocycles. The number of halogens is 3. The summed E-state index contributed by atoms with van der Waals surface area (Å²) in [6, 6.07) is 6.59. The lowest BCUT2D eigenvalue weighted by molar-refractivity contribution is -0.0424. The molecule has 2 rings (SSSR count). The molecule has 0 aromatic heterocycles. The predicted octanol–water partition coefficient (Wildman–Crippen LogP) is 4.35. The average Bonchev–Trinajstić information content (AvgIpc) is 2.29. The molecule has 4 heteroatoms. The predicted molar refractivity (Wildman–Crippen MR) is 62.7 cm³/mol. The van der Waals surface area contributed by atoms with Gasteiger partial charge in [0.2, 0.25) is 5.92 Å². The first-order valence-corrected chi connectivity index (χ1v) is 6.03. The molecule has 0 bridgehead atoms. The van der Waals surface area contributed by atoms with E-state index in [4.69, 9.17) is 11.6 Å². The third-order valence-electron chi connectivity index (χ3n) is 3.22. The highest BCUT2D eigenvalue weighted by atomic mass is 35.5. The highest BCUT2D eigenvalue weighted by Crippen LogP contribution is 2.37. The summed E-state index contributed by atoms with van der Waals surface area (Å²) in [4.78, 5) is 12.0. The molecule has 1 fully saturated rings. The second-order valence-corrected chi connectivity index (χ2v) is 4.94. The molecule has 0 radical (unpaired) electrons. The summed E-state index contributed by atoms with van der Waals surface area (Å²) in [5.41, 5.74) is 0.560. The van der Waals surface area contributed by atoms with E-state index in [2.05, 4.69) is 0 Å². The Balaban J connectivity index is 2.04. The van der Waals surface area contributed by atoms with Crippen molar-refractivity contribution in [3.8, 4) is 0 Å². The van der Waals surface area contributed by atoms with E-state index in [0.717, 1.165) is 0 Å². The molecule has 92 valence electrons. The average molecular weight is 259 g/mol. The zero-order valence-electron chi connectivity index (χ0n) is 9.26. The lowest BCUT2D eigenvalue weighted by Gasteiger charge is -2.27. The molecule has 1 aromatic carbocycles. The number of rotatable bonds is 2. The Hall–Kier alpha value is -0.960. The number of hydrogen-bond acceptors (Lipinski definition) is 1. The van der Waals surface area contributed by atoms with Gasteiger partial charge in [-0.2, -0.15) is 0 Å². The van der Waals surface area contributed by atoms with Gasteiger partial charge in [0.1, 0.15) is 0 Å². The normalized spacial score (nSPS) is 20.2. The zero-order chi connectivity index (χ0) is 12.5. The number of carbonyl (C=O) groups excluding carboxylic acids is 1. The minimum Gasteiger partial charge on any atom is -0.294 e. The molecule has 0 atom stereocenters. The zero-order valence-corrected chi connectivity index (χ0v) is 10.0. The Morgan fingerprint density at radius 2 is 1.71 bits per heavy atom. The van der Waals surface area contributed by atoms with Gasteiger partial charge in [-0.15, -0.1) is 0 Å². The van der Waals surface area contributed by atoms with E-state index in [-0.39, 0.29) is 37.4 Å². The first-order chi connectivity index (χ1) is 7.98. The number of Topliss-reactive ketones (excluding diaryl/α,β-unsaturated/α-hetero) is 1. The molecule has 1 aliphatic carbocycles. The fraction of sp³-hybridized carbons (Fsp3) is 0.462. The number of hydrogen-bond donors (Lipinski definition) is 0. The fourth-order valence-corrected chi connectivity index (χ4v) is 2.28. The van der Waals surface area contributed by atoms with Crippen LogP contribution in [0.4, 0.5) is 8.78 Å². The third-order valence-corrected chi connectivity index (χ3v) is 3.47. The first-order valence-electron chi connectivity index (χ1n) is 5.65. The lowest BCUT2D eigenvalue weighted by atomic mass is 9.82. The summed E-state index contributed by atoms with van der Waals surface area (Å²) >= 11 is 5.73. The Labute approximate surface area is 104 Å². The number of ketones is 1. The number of benzene rings is 1. The molecule has 1 aromatic rings. The van der Waals surface area contributed by atoms with E-state index >= 15 is 0 Å². The smallest absolute Gasteiger partial charge is 0.248 e. The van der Waals surface area contributed by atoms with E-state index in [1.165, 1.54) is 0 Å². The third kappa shape index (κ3) is 3.03. The minimum absolute atomic E-state index is 0.0443. The summed E-state index contributed by atoms with van der Waals surface area (Å²) in [5.74, 6) is -2.90. The van der Waals surface area contributed by atoms with Crippen LogP contribution in [0.25, 0.3) is 0 Å². The maximum Gasteiger partial charge on any atom is 0.248 e. The largest absolute Gasteiger partial charge is 0.294 e. The van der Waals surface area contributed by atoms with Crippen molar-refractivity contribution < 1.29 is 13.6 Å². The second kappa shape index (κ2) is 4.73. The molecular weight excluding hydrogens is 246 g/mol. The molecule has 1 nitrogen and oxygen atoms in total. The molecule has 1 aliphatic rings. The van der Waals surface area contributed by atoms with E-state index < -0.39 is 5.92 Å². The van der Waals surface area contributed by atoms with Crippen molar-refractivity contribution in [1.82, 2.24) is 0 Å². The summed E-state index contributed by atoms with van der Waals surface area (Å²) < 4.78 is 25.9. The Bertz CT molecular complexity index is 404. The SMILES string of the molecule is O=C(c1ccc(Cl)cc1)C1CCC(F)(F)CC1. The van der Waals surface area contributed by atoms with Gasteiger partial charge in [-0.25, -0.2) is 8.78 Å². The molecule has 17 heavy (non-hydrogen) atoms. The maximum absolute atomic E-state index is 13.0. The quantitative estimate of drug-likeness (QED) is 0.721. The van der Waals surface area contributed by atoms with Crippen LogP contribution in [0.1, 0.15) is 36.0 Å². The molecule has 0 spiro atoms.